The summed E-state index contributed by atoms with van der Waals surface area (Å²) in [5, 5.41) is 11.9. The van der Waals surface area contributed by atoms with Gasteiger partial charge in [-0.15, -0.1) is 9.24 Å². The molecule has 5 aliphatic rings. The molecule has 5 aliphatic carbocycles. The first-order chi connectivity index (χ1) is 32.4. The third-order valence-corrected chi connectivity index (χ3v) is 19.6. The number of Topliss-reactive ketones (excluding diaryl/α,β-unsaturated/α-hetero) is 1. The maximum absolute atomic E-state index is 14.6. The number of aryl methyl sites for hydroxylation is 5. The smallest absolute Gasteiger partial charge is 0.166 e. The first kappa shape index (κ1) is 40.7. The van der Waals surface area contributed by atoms with Crippen LogP contribution in [0, 0.1) is 46.5 Å². The van der Waals surface area contributed by atoms with Gasteiger partial charge in [0.2, 0.25) is 0 Å². The number of rotatable bonds is 4. The quantitative estimate of drug-likeness (QED) is 0.130. The second kappa shape index (κ2) is 14.1. The van der Waals surface area contributed by atoms with Crippen LogP contribution in [-0.4, -0.2) is 20.9 Å². The fourth-order valence-corrected chi connectivity index (χ4v) is 16.0. The molecule has 0 amide bonds. The number of hydrogen-bond donors (Lipinski definition) is 0. The van der Waals surface area contributed by atoms with Crippen LogP contribution in [0.1, 0.15) is 157 Å². The van der Waals surface area contributed by atoms with Crippen LogP contribution in [0.4, 0.5) is 0 Å². The van der Waals surface area contributed by atoms with E-state index in [1.54, 1.807) is 0 Å². The van der Waals surface area contributed by atoms with Crippen molar-refractivity contribution < 1.29 is 9.59 Å². The Hall–Kier alpha value is -5.31. The normalized spacial score (nSPS) is 22.3. The molecule has 2 bridgehead atoms. The zero-order chi connectivity index (χ0) is 45.5. The maximum Gasteiger partial charge on any atom is 0.166 e. The van der Waals surface area contributed by atoms with Crippen LogP contribution < -0.4 is 5.30 Å². The number of fused-ring (bicyclic) bond motifs is 14. The van der Waals surface area contributed by atoms with Crippen molar-refractivity contribution >= 4 is 103 Å². The summed E-state index contributed by atoms with van der Waals surface area (Å²) in [6.45, 7) is 13.9. The van der Waals surface area contributed by atoms with E-state index in [0.29, 0.717) is 17.6 Å². The molecule has 5 heteroatoms. The molecule has 1 unspecified atom stereocenters. The van der Waals surface area contributed by atoms with E-state index in [1.165, 1.54) is 176 Å². The number of ketones is 1. The van der Waals surface area contributed by atoms with Gasteiger partial charge in [-0.1, -0.05) is 43.9 Å². The van der Waals surface area contributed by atoms with Crippen LogP contribution in [0.5, 0.6) is 0 Å². The Morgan fingerprint density at radius 1 is 0.537 bits per heavy atom. The summed E-state index contributed by atoms with van der Waals surface area (Å²) in [5.74, 6) is 1.64. The van der Waals surface area contributed by atoms with E-state index in [4.69, 9.17) is 0 Å². The summed E-state index contributed by atoms with van der Waals surface area (Å²) in [5.41, 5.74) is 22.1. The van der Waals surface area contributed by atoms with Crippen LogP contribution in [0.3, 0.4) is 0 Å². The molecule has 0 saturated heterocycles. The Labute approximate surface area is 395 Å². The van der Waals surface area contributed by atoms with Gasteiger partial charge in [0.05, 0.1) is 33.1 Å². The minimum absolute atomic E-state index is 0.130. The average molecular weight is 897 g/mol. The summed E-state index contributed by atoms with van der Waals surface area (Å²) in [6.07, 6.45) is 15.9. The molecule has 3 fully saturated rings. The lowest BCUT2D eigenvalue weighted by atomic mass is 9.70. The van der Waals surface area contributed by atoms with Crippen LogP contribution >= 0.6 is 9.24 Å². The summed E-state index contributed by atoms with van der Waals surface area (Å²) in [6, 6.07) is 25.0. The van der Waals surface area contributed by atoms with Crippen molar-refractivity contribution in [2.75, 3.05) is 0 Å². The van der Waals surface area contributed by atoms with Crippen molar-refractivity contribution in [3.8, 4) is 11.1 Å². The molecular weight excluding hydrogens is 836 g/mol. The van der Waals surface area contributed by atoms with Crippen molar-refractivity contribution in [1.82, 2.24) is 8.80 Å². The van der Waals surface area contributed by atoms with Crippen molar-refractivity contribution in [3.05, 3.63) is 111 Å². The number of aldehydes is 1. The third kappa shape index (κ3) is 5.40. The highest BCUT2D eigenvalue weighted by atomic mass is 31.0. The SMILES string of the molecule is Cc1cc(C)c(-c2cc3c4cc5c(cc4n4c6c(C)c7c(cc6c(c2)c34)C2CCC(CC2)C7=O)c2cc(C3(C)CCCCC3)cc3c4cc(C6CCC(C=O)CC6)c(P)c(C)c4n5c23)c(C)c1. The molecule has 1 atom stereocenters. The van der Waals surface area contributed by atoms with E-state index in [9.17, 15) is 9.59 Å². The van der Waals surface area contributed by atoms with Crippen molar-refractivity contribution in [1.29, 1.82) is 0 Å². The van der Waals surface area contributed by atoms with Crippen molar-refractivity contribution in [2.24, 2.45) is 11.8 Å². The summed E-state index contributed by atoms with van der Waals surface area (Å²) < 4.78 is 5.25. The maximum atomic E-state index is 14.6. The van der Waals surface area contributed by atoms with Gasteiger partial charge < -0.3 is 13.6 Å². The van der Waals surface area contributed by atoms with Crippen molar-refractivity contribution in [2.45, 2.75) is 142 Å². The Morgan fingerprint density at radius 3 is 1.64 bits per heavy atom. The topological polar surface area (TPSA) is 43.0 Å². The van der Waals surface area contributed by atoms with Crippen LogP contribution in [0.2, 0.25) is 0 Å². The van der Waals surface area contributed by atoms with Gasteiger partial charge in [0.25, 0.3) is 0 Å². The first-order valence-electron chi connectivity index (χ1n) is 25.8. The van der Waals surface area contributed by atoms with Crippen LogP contribution in [0.15, 0.2) is 60.7 Å². The van der Waals surface area contributed by atoms with E-state index in [0.717, 1.165) is 56.9 Å². The number of carbonyl (C=O) groups excluding carboxylic acids is 2. The summed E-state index contributed by atoms with van der Waals surface area (Å²) in [4.78, 5) is 26.4. The molecule has 336 valence electrons. The van der Waals surface area contributed by atoms with Gasteiger partial charge in [0.1, 0.15) is 6.29 Å². The number of benzene rings is 6. The monoisotopic (exact) mass is 896 g/mol. The first-order valence-corrected chi connectivity index (χ1v) is 26.3. The van der Waals surface area contributed by atoms with Gasteiger partial charge in [-0.25, -0.2) is 0 Å². The highest BCUT2D eigenvalue weighted by Gasteiger charge is 2.38. The predicted molar refractivity (Wildman–Crippen MR) is 284 cm³/mol. The molecule has 4 nitrogen and oxygen atoms in total. The van der Waals surface area contributed by atoms with Gasteiger partial charge in [-0.05, 0) is 220 Å². The highest BCUT2D eigenvalue weighted by Crippen LogP contribution is 2.52. The molecule has 3 saturated carbocycles. The predicted octanol–water partition coefficient (Wildman–Crippen LogP) is 15.9. The average Bonchev–Trinajstić information content (AvgIpc) is 3.99. The molecule has 4 heterocycles. The van der Waals surface area contributed by atoms with E-state index >= 15 is 0 Å². The minimum atomic E-state index is 0.130. The van der Waals surface area contributed by atoms with Gasteiger partial charge in [0.15, 0.2) is 5.78 Å². The van der Waals surface area contributed by atoms with E-state index < -0.39 is 0 Å². The number of nitrogens with zero attached hydrogens (tertiary/aromatic N) is 2. The fraction of sp³-hybridized carbons (Fsp3) is 0.387. The highest BCUT2D eigenvalue weighted by molar-refractivity contribution is 7.27. The Balaban J connectivity index is 1.13. The molecule has 10 aromatic rings. The Kier molecular flexibility index (Phi) is 8.59. The molecule has 0 radical (unpaired) electrons. The zero-order valence-electron chi connectivity index (χ0n) is 40.1. The second-order valence-corrected chi connectivity index (χ2v) is 23.3. The van der Waals surface area contributed by atoms with Crippen LogP contribution in [0.25, 0.3) is 87.3 Å². The van der Waals surface area contributed by atoms with Crippen LogP contribution in [-0.2, 0) is 10.2 Å². The lowest BCUT2D eigenvalue weighted by Crippen LogP contribution is -2.24. The standard InChI is InChI=1S/C62H61N2O2P/c1-31-20-32(2)54(33(3)21-31)40-22-46-44-28-53-45(29-52(44)63-56-34(4)55-42(26-50(56)47(23-40)58(46)63)37-14-16-39(17-15-37)60(55)66)48-24-41(62(6)18-8-7-9-19-62)25-49-51-27-43(38-12-10-36(30-65)11-13-38)61(67)35(5)57(51)64(53)59(48)49/h20-30,36-39H,7-19,67H2,1-6H3. The van der Waals surface area contributed by atoms with E-state index in [1.807, 2.05) is 0 Å². The van der Waals surface area contributed by atoms with Gasteiger partial charge in [-0.3, -0.25) is 4.79 Å². The lowest BCUT2D eigenvalue weighted by molar-refractivity contribution is -0.111. The van der Waals surface area contributed by atoms with Crippen molar-refractivity contribution in [3.63, 3.8) is 0 Å². The molecule has 0 N–H and O–H groups in total. The molecule has 15 rings (SSSR count). The third-order valence-electron chi connectivity index (χ3n) is 18.9. The number of carbonyl (C=O) groups is 2. The second-order valence-electron chi connectivity index (χ2n) is 22.7. The van der Waals surface area contributed by atoms with Gasteiger partial charge in [-0.2, -0.15) is 0 Å². The van der Waals surface area contributed by atoms with Gasteiger partial charge in [0, 0.05) is 60.5 Å². The fourth-order valence-electron chi connectivity index (χ4n) is 15.5. The Bertz CT molecular complexity index is 3800. The molecule has 6 aromatic carbocycles. The minimum Gasteiger partial charge on any atom is -0.308 e. The molecule has 0 aliphatic heterocycles. The van der Waals surface area contributed by atoms with E-state index in [-0.39, 0.29) is 17.3 Å². The number of hydrogen-bond acceptors (Lipinski definition) is 2. The number of aromatic nitrogens is 2. The molecule has 67 heavy (non-hydrogen) atoms. The zero-order valence-corrected chi connectivity index (χ0v) is 41.3. The Morgan fingerprint density at radius 2 is 1.03 bits per heavy atom. The lowest BCUT2D eigenvalue weighted by Gasteiger charge is -2.34. The van der Waals surface area contributed by atoms with E-state index in [2.05, 4.69) is 120 Å². The largest absolute Gasteiger partial charge is 0.308 e. The van der Waals surface area contributed by atoms with Gasteiger partial charge >= 0.3 is 0 Å². The summed E-state index contributed by atoms with van der Waals surface area (Å²) >= 11 is 0. The molecule has 0 spiro atoms. The summed E-state index contributed by atoms with van der Waals surface area (Å²) in [7, 11) is 3.19. The molecular formula is C62H61N2O2P. The molecule has 4 aromatic heterocycles.